The Labute approximate surface area is 73.6 Å². The number of nitrogens with two attached hydrogens (primary N) is 2. The molecule has 0 amide bonds. The minimum Gasteiger partial charge on any atom is -0.390 e. The molecule has 12 heavy (non-hydrogen) atoms. The largest absolute Gasteiger partial charge is 0.390 e. The van der Waals surface area contributed by atoms with Crippen molar-refractivity contribution in [3.63, 3.8) is 0 Å². The second-order valence-corrected chi connectivity index (χ2v) is 3.27. The summed E-state index contributed by atoms with van der Waals surface area (Å²) in [6.07, 6.45) is -1.03. The lowest BCUT2D eigenvalue weighted by atomic mass is 9.94. The molecule has 74 valence electrons. The van der Waals surface area contributed by atoms with E-state index in [1.54, 1.807) is 6.92 Å². The van der Waals surface area contributed by atoms with E-state index >= 15 is 0 Å². The lowest BCUT2D eigenvalue weighted by Crippen LogP contribution is -2.46. The van der Waals surface area contributed by atoms with Gasteiger partial charge in [0.15, 0.2) is 0 Å². The quantitative estimate of drug-likeness (QED) is 0.434. The minimum atomic E-state index is -0.867. The summed E-state index contributed by atoms with van der Waals surface area (Å²) in [5, 5.41) is 18.9. The summed E-state index contributed by atoms with van der Waals surface area (Å²) in [5.41, 5.74) is 10.9. The highest BCUT2D eigenvalue weighted by molar-refractivity contribution is 4.81. The molecule has 0 spiro atoms. The van der Waals surface area contributed by atoms with E-state index in [1.165, 1.54) is 0 Å². The highest BCUT2D eigenvalue weighted by atomic mass is 16.3. The summed E-state index contributed by atoms with van der Waals surface area (Å²) in [6, 6.07) is -0.367. The fourth-order valence-electron chi connectivity index (χ4n) is 0.971. The lowest BCUT2D eigenvalue weighted by Gasteiger charge is -2.26. The van der Waals surface area contributed by atoms with Crippen molar-refractivity contribution in [3.05, 3.63) is 0 Å². The molecule has 0 saturated heterocycles. The van der Waals surface area contributed by atoms with Crippen molar-refractivity contribution in [2.45, 2.75) is 38.5 Å². The maximum Gasteiger partial charge on any atom is 0.0952 e. The summed E-state index contributed by atoms with van der Waals surface area (Å²) in [4.78, 5) is 0. The molecule has 0 aromatic heterocycles. The Morgan fingerprint density at radius 3 is 2.08 bits per heavy atom. The average Bonchev–Trinajstić information content (AvgIpc) is 2.12. The molecule has 6 N–H and O–H groups in total. The molecule has 0 saturated carbocycles. The fourth-order valence-corrected chi connectivity index (χ4v) is 0.971. The zero-order valence-corrected chi connectivity index (χ0v) is 7.77. The Balaban J connectivity index is 3.99. The molecule has 4 atom stereocenters. The summed E-state index contributed by atoms with van der Waals surface area (Å²) in [5.74, 6) is -0.113. The van der Waals surface area contributed by atoms with Crippen LogP contribution in [-0.2, 0) is 0 Å². The predicted molar refractivity (Wildman–Crippen MR) is 48.5 cm³/mol. The normalized spacial score (nSPS) is 21.5. The van der Waals surface area contributed by atoms with Gasteiger partial charge in [-0.2, -0.15) is 0 Å². The van der Waals surface area contributed by atoms with Crippen molar-refractivity contribution >= 4 is 0 Å². The molecule has 0 fully saturated rings. The van der Waals surface area contributed by atoms with Crippen LogP contribution in [0.5, 0.6) is 0 Å². The molecule has 0 aromatic carbocycles. The SMILES string of the molecule is CC[C@H](N)[C@@H](O)[C@H](O)[C@@H](C)CN. The molecule has 4 nitrogen and oxygen atoms in total. The number of hydrogen-bond donors (Lipinski definition) is 4. The van der Waals surface area contributed by atoms with Gasteiger partial charge < -0.3 is 21.7 Å². The van der Waals surface area contributed by atoms with Gasteiger partial charge in [-0.1, -0.05) is 13.8 Å². The number of aliphatic hydroxyl groups is 2. The fraction of sp³-hybridized carbons (Fsp3) is 1.00. The molecule has 0 aromatic rings. The molecule has 0 rings (SSSR count). The van der Waals surface area contributed by atoms with Gasteiger partial charge in [0, 0.05) is 6.04 Å². The Bertz CT molecular complexity index is 108. The second kappa shape index (κ2) is 5.48. The first-order valence-corrected chi connectivity index (χ1v) is 4.36. The van der Waals surface area contributed by atoms with Crippen molar-refractivity contribution in [2.75, 3.05) is 6.54 Å². The predicted octanol–water partition coefficient (Wildman–Crippen LogP) is -0.960. The van der Waals surface area contributed by atoms with Gasteiger partial charge in [0.2, 0.25) is 0 Å². The molecule has 0 aliphatic carbocycles. The van der Waals surface area contributed by atoms with Gasteiger partial charge in [0.1, 0.15) is 0 Å². The van der Waals surface area contributed by atoms with Crippen molar-refractivity contribution in [3.8, 4) is 0 Å². The molecule has 0 aliphatic rings. The van der Waals surface area contributed by atoms with E-state index in [1.807, 2.05) is 6.92 Å². The number of hydrogen-bond acceptors (Lipinski definition) is 4. The van der Waals surface area contributed by atoms with Gasteiger partial charge in [0.25, 0.3) is 0 Å². The van der Waals surface area contributed by atoms with E-state index in [9.17, 15) is 10.2 Å². The van der Waals surface area contributed by atoms with Crippen molar-refractivity contribution in [2.24, 2.45) is 17.4 Å². The van der Waals surface area contributed by atoms with E-state index in [0.29, 0.717) is 13.0 Å². The Kier molecular flexibility index (Phi) is 5.41. The first kappa shape index (κ1) is 11.8. The van der Waals surface area contributed by atoms with Gasteiger partial charge in [0.05, 0.1) is 12.2 Å². The molecule has 4 heteroatoms. The highest BCUT2D eigenvalue weighted by Crippen LogP contribution is 2.09. The van der Waals surface area contributed by atoms with E-state index in [0.717, 1.165) is 0 Å². The third kappa shape index (κ3) is 3.06. The Morgan fingerprint density at radius 2 is 1.75 bits per heavy atom. The zero-order valence-electron chi connectivity index (χ0n) is 7.77. The van der Waals surface area contributed by atoms with Gasteiger partial charge in [-0.15, -0.1) is 0 Å². The molecule has 0 unspecified atom stereocenters. The van der Waals surface area contributed by atoms with Gasteiger partial charge in [-0.25, -0.2) is 0 Å². The number of aliphatic hydroxyl groups excluding tert-OH is 2. The van der Waals surface area contributed by atoms with E-state index in [4.69, 9.17) is 11.5 Å². The van der Waals surface area contributed by atoms with Crippen LogP contribution in [0.15, 0.2) is 0 Å². The van der Waals surface area contributed by atoms with Crippen molar-refractivity contribution in [1.82, 2.24) is 0 Å². The molecule has 0 radical (unpaired) electrons. The summed E-state index contributed by atoms with van der Waals surface area (Å²) >= 11 is 0. The van der Waals surface area contributed by atoms with Crippen LogP contribution < -0.4 is 11.5 Å². The summed E-state index contributed by atoms with van der Waals surface area (Å²) < 4.78 is 0. The maximum atomic E-state index is 9.48. The average molecular weight is 176 g/mol. The van der Waals surface area contributed by atoms with Crippen LogP contribution in [0.2, 0.25) is 0 Å². The van der Waals surface area contributed by atoms with Crippen LogP contribution in [0.1, 0.15) is 20.3 Å². The van der Waals surface area contributed by atoms with Crippen LogP contribution in [0.4, 0.5) is 0 Å². The molecule has 0 aliphatic heterocycles. The third-order valence-corrected chi connectivity index (χ3v) is 2.21. The summed E-state index contributed by atoms with van der Waals surface area (Å²) in [6.45, 7) is 4.01. The topological polar surface area (TPSA) is 92.5 Å². The minimum absolute atomic E-state index is 0.113. The summed E-state index contributed by atoms with van der Waals surface area (Å²) in [7, 11) is 0. The Hall–Kier alpha value is -0.160. The third-order valence-electron chi connectivity index (χ3n) is 2.21. The van der Waals surface area contributed by atoms with Crippen molar-refractivity contribution < 1.29 is 10.2 Å². The standard InChI is InChI=1S/C8H20N2O2/c1-3-6(10)8(12)7(11)5(2)4-9/h5-8,11-12H,3-4,9-10H2,1-2H3/t5-,6-,7+,8+/m0/s1. The Morgan fingerprint density at radius 1 is 1.25 bits per heavy atom. The first-order valence-electron chi connectivity index (χ1n) is 4.36. The molecular weight excluding hydrogens is 156 g/mol. The zero-order chi connectivity index (χ0) is 9.72. The van der Waals surface area contributed by atoms with Crippen LogP contribution >= 0.6 is 0 Å². The highest BCUT2D eigenvalue weighted by Gasteiger charge is 2.25. The van der Waals surface area contributed by atoms with E-state index < -0.39 is 12.2 Å². The maximum absolute atomic E-state index is 9.48. The first-order chi connectivity index (χ1) is 5.54. The van der Waals surface area contributed by atoms with Crippen LogP contribution in [0, 0.1) is 5.92 Å². The van der Waals surface area contributed by atoms with Gasteiger partial charge in [-0.05, 0) is 18.9 Å². The van der Waals surface area contributed by atoms with Crippen LogP contribution in [0.25, 0.3) is 0 Å². The molecule has 0 heterocycles. The smallest absolute Gasteiger partial charge is 0.0952 e. The second-order valence-electron chi connectivity index (χ2n) is 3.27. The number of rotatable bonds is 5. The lowest BCUT2D eigenvalue weighted by molar-refractivity contribution is -0.0238. The van der Waals surface area contributed by atoms with Crippen molar-refractivity contribution in [1.29, 1.82) is 0 Å². The van der Waals surface area contributed by atoms with Crippen LogP contribution in [0.3, 0.4) is 0 Å². The van der Waals surface area contributed by atoms with Crippen LogP contribution in [-0.4, -0.2) is 35.0 Å². The van der Waals surface area contributed by atoms with E-state index in [-0.39, 0.29) is 12.0 Å². The monoisotopic (exact) mass is 176 g/mol. The molecular formula is C8H20N2O2. The van der Waals surface area contributed by atoms with Gasteiger partial charge in [-0.3, -0.25) is 0 Å². The molecule has 0 bridgehead atoms. The van der Waals surface area contributed by atoms with Gasteiger partial charge >= 0.3 is 0 Å². The van der Waals surface area contributed by atoms with E-state index in [2.05, 4.69) is 0 Å².